The largest absolute Gasteiger partial charge is 0.376 e. The molecule has 1 N–H and O–H groups in total. The Balaban J connectivity index is 2.09. The van der Waals surface area contributed by atoms with Crippen LogP contribution in [0.2, 0.25) is 0 Å². The molecule has 4 nitrogen and oxygen atoms in total. The summed E-state index contributed by atoms with van der Waals surface area (Å²) in [6.07, 6.45) is 4.41. The van der Waals surface area contributed by atoms with Gasteiger partial charge in [0, 0.05) is 19.7 Å². The summed E-state index contributed by atoms with van der Waals surface area (Å²) in [6, 6.07) is 5.08. The molecule has 3 atom stereocenters. The van der Waals surface area contributed by atoms with E-state index in [2.05, 4.69) is 48.2 Å². The number of ether oxygens (including phenoxy) is 1. The van der Waals surface area contributed by atoms with Gasteiger partial charge in [-0.3, -0.25) is 4.98 Å². The minimum absolute atomic E-state index is 0.297. The Morgan fingerprint density at radius 3 is 2.79 bits per heavy atom. The van der Waals surface area contributed by atoms with E-state index in [1.165, 1.54) is 0 Å². The third-order valence-corrected chi connectivity index (χ3v) is 4.13. The fraction of sp³-hybridized carbons (Fsp3) is 0.667. The van der Waals surface area contributed by atoms with Gasteiger partial charge in [-0.25, -0.2) is 0 Å². The SMILES string of the molecule is CCC(NC)c1ccc(N(C)C2CCOC2C)cn1. The average molecular weight is 263 g/mol. The first-order valence-corrected chi connectivity index (χ1v) is 7.15. The van der Waals surface area contributed by atoms with E-state index in [4.69, 9.17) is 4.74 Å². The molecular weight excluding hydrogens is 238 g/mol. The van der Waals surface area contributed by atoms with Gasteiger partial charge < -0.3 is 15.0 Å². The molecule has 1 aliphatic heterocycles. The van der Waals surface area contributed by atoms with Gasteiger partial charge in [-0.05, 0) is 38.9 Å². The van der Waals surface area contributed by atoms with Crippen LogP contribution in [0.1, 0.15) is 38.4 Å². The van der Waals surface area contributed by atoms with Crippen molar-refractivity contribution in [3.05, 3.63) is 24.0 Å². The molecule has 2 rings (SSSR count). The van der Waals surface area contributed by atoms with Crippen LogP contribution in [0.25, 0.3) is 0 Å². The van der Waals surface area contributed by atoms with Crippen molar-refractivity contribution in [2.45, 2.75) is 44.9 Å². The van der Waals surface area contributed by atoms with Crippen molar-refractivity contribution in [2.24, 2.45) is 0 Å². The molecule has 1 aliphatic rings. The Morgan fingerprint density at radius 1 is 1.53 bits per heavy atom. The molecule has 3 unspecified atom stereocenters. The van der Waals surface area contributed by atoms with Crippen LogP contribution in [-0.2, 0) is 4.74 Å². The van der Waals surface area contributed by atoms with E-state index < -0.39 is 0 Å². The average Bonchev–Trinajstić information content (AvgIpc) is 2.86. The molecule has 0 aliphatic carbocycles. The van der Waals surface area contributed by atoms with Crippen LogP contribution in [0.5, 0.6) is 0 Å². The van der Waals surface area contributed by atoms with Gasteiger partial charge in [0.2, 0.25) is 0 Å². The topological polar surface area (TPSA) is 37.4 Å². The summed E-state index contributed by atoms with van der Waals surface area (Å²) in [4.78, 5) is 6.88. The second kappa shape index (κ2) is 6.35. The van der Waals surface area contributed by atoms with E-state index >= 15 is 0 Å². The lowest BCUT2D eigenvalue weighted by Gasteiger charge is -2.28. The first-order valence-electron chi connectivity index (χ1n) is 7.15. The van der Waals surface area contributed by atoms with Crippen molar-refractivity contribution in [1.29, 1.82) is 0 Å². The normalized spacial score (nSPS) is 24.4. The maximum Gasteiger partial charge on any atom is 0.0750 e. The van der Waals surface area contributed by atoms with Crippen LogP contribution in [0.3, 0.4) is 0 Å². The zero-order valence-corrected chi connectivity index (χ0v) is 12.4. The van der Waals surface area contributed by atoms with E-state index in [0.717, 1.165) is 30.8 Å². The highest BCUT2D eigenvalue weighted by molar-refractivity contribution is 5.45. The number of hydrogen-bond donors (Lipinski definition) is 1. The molecule has 0 aromatic carbocycles. The molecule has 1 saturated heterocycles. The monoisotopic (exact) mass is 263 g/mol. The van der Waals surface area contributed by atoms with Gasteiger partial charge in [-0.1, -0.05) is 6.92 Å². The van der Waals surface area contributed by atoms with Crippen LogP contribution in [0.15, 0.2) is 18.3 Å². The molecular formula is C15H25N3O. The van der Waals surface area contributed by atoms with Crippen molar-refractivity contribution in [1.82, 2.24) is 10.3 Å². The van der Waals surface area contributed by atoms with Crippen molar-refractivity contribution >= 4 is 5.69 Å². The Kier molecular flexibility index (Phi) is 4.77. The standard InChI is InChI=1S/C15H25N3O/c1-5-13(16-3)14-7-6-12(10-17-14)18(4)15-8-9-19-11(15)2/h6-7,10-11,13,15-16H,5,8-9H2,1-4H3. The van der Waals surface area contributed by atoms with Gasteiger partial charge in [-0.15, -0.1) is 0 Å². The van der Waals surface area contributed by atoms with Gasteiger partial charge in [0.05, 0.1) is 29.7 Å². The second-order valence-corrected chi connectivity index (χ2v) is 5.23. The fourth-order valence-electron chi connectivity index (χ4n) is 2.79. The predicted octanol–water partition coefficient (Wildman–Crippen LogP) is 2.37. The zero-order valence-electron chi connectivity index (χ0n) is 12.4. The molecule has 0 amide bonds. The minimum Gasteiger partial charge on any atom is -0.376 e. The molecule has 1 aromatic heterocycles. The number of pyridine rings is 1. The number of nitrogens with one attached hydrogen (secondary N) is 1. The molecule has 4 heteroatoms. The van der Waals surface area contributed by atoms with Gasteiger partial charge in [0.15, 0.2) is 0 Å². The van der Waals surface area contributed by atoms with Crippen LogP contribution in [-0.4, -0.2) is 37.8 Å². The Morgan fingerprint density at radius 2 is 2.32 bits per heavy atom. The molecule has 2 heterocycles. The van der Waals surface area contributed by atoms with E-state index in [9.17, 15) is 0 Å². The third-order valence-electron chi connectivity index (χ3n) is 4.13. The van der Waals surface area contributed by atoms with Gasteiger partial charge in [-0.2, -0.15) is 0 Å². The highest BCUT2D eigenvalue weighted by Gasteiger charge is 2.28. The summed E-state index contributed by atoms with van der Waals surface area (Å²) in [5.74, 6) is 0. The summed E-state index contributed by atoms with van der Waals surface area (Å²) >= 11 is 0. The van der Waals surface area contributed by atoms with Crippen molar-refractivity contribution in [3.8, 4) is 0 Å². The fourth-order valence-corrected chi connectivity index (χ4v) is 2.79. The predicted molar refractivity (Wildman–Crippen MR) is 78.6 cm³/mol. The molecule has 106 valence electrons. The molecule has 19 heavy (non-hydrogen) atoms. The lowest BCUT2D eigenvalue weighted by Crippen LogP contribution is -2.36. The maximum absolute atomic E-state index is 5.63. The summed E-state index contributed by atoms with van der Waals surface area (Å²) < 4.78 is 5.63. The van der Waals surface area contributed by atoms with Gasteiger partial charge >= 0.3 is 0 Å². The Hall–Kier alpha value is -1.13. The zero-order chi connectivity index (χ0) is 13.8. The number of nitrogens with zero attached hydrogens (tertiary/aromatic N) is 2. The molecule has 0 saturated carbocycles. The molecule has 0 spiro atoms. The quantitative estimate of drug-likeness (QED) is 0.885. The molecule has 0 bridgehead atoms. The van der Waals surface area contributed by atoms with Gasteiger partial charge in [0.1, 0.15) is 0 Å². The number of anilines is 1. The van der Waals surface area contributed by atoms with E-state index in [-0.39, 0.29) is 0 Å². The lowest BCUT2D eigenvalue weighted by atomic mass is 10.1. The Bertz CT molecular complexity index is 389. The number of hydrogen-bond acceptors (Lipinski definition) is 4. The minimum atomic E-state index is 0.297. The summed E-state index contributed by atoms with van der Waals surface area (Å²) in [5, 5.41) is 3.28. The van der Waals surface area contributed by atoms with Gasteiger partial charge in [0.25, 0.3) is 0 Å². The van der Waals surface area contributed by atoms with Crippen LogP contribution in [0.4, 0.5) is 5.69 Å². The van der Waals surface area contributed by atoms with Crippen LogP contribution < -0.4 is 10.2 Å². The van der Waals surface area contributed by atoms with E-state index in [1.54, 1.807) is 0 Å². The second-order valence-electron chi connectivity index (χ2n) is 5.23. The third kappa shape index (κ3) is 3.07. The first-order chi connectivity index (χ1) is 9.17. The van der Waals surface area contributed by atoms with Crippen molar-refractivity contribution in [2.75, 3.05) is 25.6 Å². The van der Waals surface area contributed by atoms with Crippen LogP contribution in [0, 0.1) is 0 Å². The number of aromatic nitrogens is 1. The highest BCUT2D eigenvalue weighted by Crippen LogP contribution is 2.24. The maximum atomic E-state index is 5.63. The molecule has 0 radical (unpaired) electrons. The van der Waals surface area contributed by atoms with Crippen molar-refractivity contribution < 1.29 is 4.74 Å². The first kappa shape index (κ1) is 14.3. The summed E-state index contributed by atoms with van der Waals surface area (Å²) in [5.41, 5.74) is 2.27. The number of likely N-dealkylation sites (N-methyl/N-ethyl adjacent to an activating group) is 1. The Labute approximate surface area is 116 Å². The summed E-state index contributed by atoms with van der Waals surface area (Å²) in [7, 11) is 4.11. The highest BCUT2D eigenvalue weighted by atomic mass is 16.5. The lowest BCUT2D eigenvalue weighted by molar-refractivity contribution is 0.118. The van der Waals surface area contributed by atoms with E-state index in [1.807, 2.05) is 13.2 Å². The number of rotatable bonds is 5. The molecule has 1 aromatic rings. The van der Waals surface area contributed by atoms with E-state index in [0.29, 0.717) is 18.2 Å². The summed E-state index contributed by atoms with van der Waals surface area (Å²) in [6.45, 7) is 5.17. The smallest absolute Gasteiger partial charge is 0.0750 e. The van der Waals surface area contributed by atoms with Crippen molar-refractivity contribution in [3.63, 3.8) is 0 Å². The van der Waals surface area contributed by atoms with Crippen LogP contribution >= 0.6 is 0 Å². The molecule has 1 fully saturated rings.